The van der Waals surface area contributed by atoms with E-state index < -0.39 is 0 Å². The normalized spacial score (nSPS) is 18.2. The van der Waals surface area contributed by atoms with E-state index in [1.807, 2.05) is 0 Å². The van der Waals surface area contributed by atoms with Crippen LogP contribution in [0, 0.1) is 5.92 Å². The maximum absolute atomic E-state index is 10.5. The molecule has 0 aliphatic heterocycles. The van der Waals surface area contributed by atoms with Crippen LogP contribution in [0.5, 0.6) is 0 Å². The fourth-order valence-electron chi connectivity index (χ4n) is 1.13. The quantitative estimate of drug-likeness (QED) is 0.449. The van der Waals surface area contributed by atoms with Gasteiger partial charge >= 0.3 is 5.37 Å². The van der Waals surface area contributed by atoms with Crippen LogP contribution >= 0.6 is 11.6 Å². The molecule has 1 saturated carbocycles. The topological polar surface area (TPSA) is 20.3 Å². The van der Waals surface area contributed by atoms with E-state index in [9.17, 15) is 4.79 Å². The molecule has 0 aromatic heterocycles. The van der Waals surface area contributed by atoms with Gasteiger partial charge in [-0.25, -0.2) is 0 Å². The summed E-state index contributed by atoms with van der Waals surface area (Å²) >= 11 is 5.24. The molecular weight excluding hydrogens is 150 g/mol. The van der Waals surface area contributed by atoms with Crippen molar-refractivity contribution < 1.29 is 4.79 Å². The third kappa shape index (κ3) is 1.87. The van der Waals surface area contributed by atoms with E-state index in [2.05, 4.69) is 0 Å². The van der Waals surface area contributed by atoms with Gasteiger partial charge in [0.25, 0.3) is 0 Å². The Hall–Kier alpha value is -0.240. The Balaban J connectivity index is 2.16. The van der Waals surface area contributed by atoms with E-state index in [0.29, 0.717) is 5.92 Å². The van der Waals surface area contributed by atoms with Crippen molar-refractivity contribution in [1.82, 2.24) is 4.90 Å². The zero-order valence-corrected chi connectivity index (χ0v) is 6.90. The van der Waals surface area contributed by atoms with Gasteiger partial charge in [0, 0.05) is 13.6 Å². The highest BCUT2D eigenvalue weighted by Gasteiger charge is 2.20. The Labute approximate surface area is 66.1 Å². The van der Waals surface area contributed by atoms with E-state index in [1.165, 1.54) is 19.3 Å². The van der Waals surface area contributed by atoms with Crippen molar-refractivity contribution in [2.24, 2.45) is 5.92 Å². The van der Waals surface area contributed by atoms with E-state index in [4.69, 9.17) is 11.6 Å². The summed E-state index contributed by atoms with van der Waals surface area (Å²) in [6.07, 6.45) is 3.83. The molecule has 0 bridgehead atoms. The number of rotatable bonds is 2. The Kier molecular flexibility index (Phi) is 2.55. The molecule has 1 aliphatic rings. The molecule has 1 aliphatic carbocycles. The lowest BCUT2D eigenvalue weighted by atomic mass is 9.85. The van der Waals surface area contributed by atoms with Gasteiger partial charge < -0.3 is 4.90 Å². The smallest absolute Gasteiger partial charge is 0.316 e. The lowest BCUT2D eigenvalue weighted by Crippen LogP contribution is -2.30. The summed E-state index contributed by atoms with van der Waals surface area (Å²) < 4.78 is 0. The average Bonchev–Trinajstić information content (AvgIpc) is 1.77. The van der Waals surface area contributed by atoms with Crippen molar-refractivity contribution in [3.8, 4) is 0 Å². The van der Waals surface area contributed by atoms with Gasteiger partial charge in [-0.15, -0.1) is 0 Å². The highest BCUT2D eigenvalue weighted by molar-refractivity contribution is 6.62. The molecule has 0 unspecified atom stereocenters. The third-order valence-corrected chi connectivity index (χ3v) is 2.35. The molecule has 2 nitrogen and oxygen atoms in total. The van der Waals surface area contributed by atoms with Gasteiger partial charge in [0.15, 0.2) is 0 Å². The molecule has 0 atom stereocenters. The van der Waals surface area contributed by atoms with Gasteiger partial charge in [-0.3, -0.25) is 4.79 Å². The summed E-state index contributed by atoms with van der Waals surface area (Å²) in [4.78, 5) is 12.1. The van der Waals surface area contributed by atoms with Crippen molar-refractivity contribution in [3.63, 3.8) is 0 Å². The number of hydrogen-bond acceptors (Lipinski definition) is 1. The molecule has 0 saturated heterocycles. The van der Waals surface area contributed by atoms with Crippen LogP contribution in [-0.4, -0.2) is 23.9 Å². The zero-order chi connectivity index (χ0) is 7.56. The first kappa shape index (κ1) is 7.86. The molecule has 58 valence electrons. The van der Waals surface area contributed by atoms with Gasteiger partial charge in [0.05, 0.1) is 0 Å². The molecule has 0 N–H and O–H groups in total. The molecule has 1 rings (SSSR count). The molecular formula is C7H12ClNO. The molecule has 0 aromatic rings. The van der Waals surface area contributed by atoms with Crippen LogP contribution in [0.25, 0.3) is 0 Å². The van der Waals surface area contributed by atoms with Crippen LogP contribution in [0.1, 0.15) is 19.3 Å². The van der Waals surface area contributed by atoms with E-state index in [1.54, 1.807) is 11.9 Å². The lowest BCUT2D eigenvalue weighted by molar-refractivity contribution is 0.202. The Morgan fingerprint density at radius 2 is 2.30 bits per heavy atom. The molecule has 10 heavy (non-hydrogen) atoms. The monoisotopic (exact) mass is 161 g/mol. The minimum absolute atomic E-state index is 0.341. The molecule has 0 radical (unpaired) electrons. The number of carbonyl (C=O) groups excluding carboxylic acids is 1. The largest absolute Gasteiger partial charge is 0.332 e. The molecule has 0 heterocycles. The number of nitrogens with zero attached hydrogens (tertiary/aromatic N) is 1. The van der Waals surface area contributed by atoms with Crippen LogP contribution in [0.3, 0.4) is 0 Å². The summed E-state index contributed by atoms with van der Waals surface area (Å²) in [5, 5.41) is -0.341. The zero-order valence-electron chi connectivity index (χ0n) is 6.14. The standard InChI is InChI=1S/C7H12ClNO/c1-9(7(8)10)5-6-3-2-4-6/h6H,2-5H2,1H3. The van der Waals surface area contributed by atoms with E-state index >= 15 is 0 Å². The Morgan fingerprint density at radius 3 is 2.60 bits per heavy atom. The first-order valence-corrected chi connectivity index (χ1v) is 3.98. The molecule has 1 fully saturated rings. The van der Waals surface area contributed by atoms with Crippen molar-refractivity contribution in [2.45, 2.75) is 19.3 Å². The highest BCUT2D eigenvalue weighted by atomic mass is 35.5. The van der Waals surface area contributed by atoms with Gasteiger partial charge in [-0.05, 0) is 30.4 Å². The minimum Gasteiger partial charge on any atom is -0.332 e. The molecule has 0 aromatic carbocycles. The molecule has 0 spiro atoms. The van der Waals surface area contributed by atoms with Gasteiger partial charge in [0.1, 0.15) is 0 Å². The van der Waals surface area contributed by atoms with Crippen LogP contribution in [0.15, 0.2) is 0 Å². The van der Waals surface area contributed by atoms with Crippen molar-refractivity contribution in [3.05, 3.63) is 0 Å². The number of halogens is 1. The second-order valence-electron chi connectivity index (χ2n) is 2.93. The summed E-state index contributed by atoms with van der Waals surface area (Å²) in [6, 6.07) is 0. The number of amides is 1. The Bertz CT molecular complexity index is 134. The SMILES string of the molecule is CN(CC1CCC1)C(=O)Cl. The van der Waals surface area contributed by atoms with E-state index in [-0.39, 0.29) is 5.37 Å². The van der Waals surface area contributed by atoms with Crippen molar-refractivity contribution >= 4 is 17.0 Å². The van der Waals surface area contributed by atoms with Gasteiger partial charge in [-0.1, -0.05) is 6.42 Å². The van der Waals surface area contributed by atoms with E-state index in [0.717, 1.165) is 6.54 Å². The fraction of sp³-hybridized carbons (Fsp3) is 0.857. The molecule has 1 amide bonds. The van der Waals surface area contributed by atoms with Crippen LogP contribution < -0.4 is 0 Å². The summed E-state index contributed by atoms with van der Waals surface area (Å²) in [7, 11) is 1.74. The molecule has 3 heteroatoms. The maximum Gasteiger partial charge on any atom is 0.316 e. The van der Waals surface area contributed by atoms with Gasteiger partial charge in [-0.2, -0.15) is 0 Å². The number of hydrogen-bond donors (Lipinski definition) is 0. The first-order chi connectivity index (χ1) is 4.70. The van der Waals surface area contributed by atoms with Crippen LogP contribution in [0.2, 0.25) is 0 Å². The first-order valence-electron chi connectivity index (χ1n) is 3.60. The van der Waals surface area contributed by atoms with Crippen LogP contribution in [-0.2, 0) is 0 Å². The predicted octanol–water partition coefficient (Wildman–Crippen LogP) is 2.08. The maximum atomic E-state index is 10.5. The highest BCUT2D eigenvalue weighted by Crippen LogP contribution is 2.26. The number of carbonyl (C=O) groups is 1. The van der Waals surface area contributed by atoms with Crippen molar-refractivity contribution in [1.29, 1.82) is 0 Å². The third-order valence-electron chi connectivity index (χ3n) is 2.06. The predicted molar refractivity (Wildman–Crippen MR) is 41.2 cm³/mol. The van der Waals surface area contributed by atoms with Gasteiger partial charge in [0.2, 0.25) is 0 Å². The summed E-state index contributed by atoms with van der Waals surface area (Å²) in [5.41, 5.74) is 0. The second-order valence-corrected chi connectivity index (χ2v) is 3.25. The minimum atomic E-state index is -0.341. The fourth-order valence-corrected chi connectivity index (χ4v) is 1.20. The summed E-state index contributed by atoms with van der Waals surface area (Å²) in [5.74, 6) is 0.715. The second kappa shape index (κ2) is 3.24. The van der Waals surface area contributed by atoms with Crippen molar-refractivity contribution in [2.75, 3.05) is 13.6 Å². The average molecular weight is 162 g/mol. The van der Waals surface area contributed by atoms with Crippen LogP contribution in [0.4, 0.5) is 4.79 Å². The Morgan fingerprint density at radius 1 is 1.70 bits per heavy atom. The lowest BCUT2D eigenvalue weighted by Gasteiger charge is -2.28. The summed E-state index contributed by atoms with van der Waals surface area (Å²) in [6.45, 7) is 0.836.